The summed E-state index contributed by atoms with van der Waals surface area (Å²) in [5, 5.41) is 18.2. The highest BCUT2D eigenvalue weighted by molar-refractivity contribution is 5.76. The number of urea groups is 1. The predicted molar refractivity (Wildman–Crippen MR) is 70.3 cm³/mol. The van der Waals surface area contributed by atoms with Crippen LogP contribution in [0.4, 0.5) is 4.79 Å². The van der Waals surface area contributed by atoms with E-state index >= 15 is 0 Å². The molecule has 0 bridgehead atoms. The summed E-state index contributed by atoms with van der Waals surface area (Å²) >= 11 is 0. The van der Waals surface area contributed by atoms with E-state index in [-0.39, 0.29) is 25.2 Å². The van der Waals surface area contributed by atoms with Crippen molar-refractivity contribution in [2.45, 2.75) is 31.4 Å². The van der Waals surface area contributed by atoms with E-state index in [1.54, 1.807) is 16.8 Å². The number of ether oxygens (including phenoxy) is 1. The molecule has 2 rings (SSSR count). The molecule has 7 heteroatoms. The van der Waals surface area contributed by atoms with Crippen LogP contribution in [0.3, 0.4) is 0 Å². The van der Waals surface area contributed by atoms with Gasteiger partial charge in [-0.2, -0.15) is 0 Å². The lowest BCUT2D eigenvalue weighted by molar-refractivity contribution is -0.139. The third-order valence-electron chi connectivity index (χ3n) is 3.95. The van der Waals surface area contributed by atoms with Gasteiger partial charge in [-0.15, -0.1) is 0 Å². The van der Waals surface area contributed by atoms with E-state index in [1.165, 1.54) is 0 Å². The molecule has 2 amide bonds. The molecule has 20 heavy (non-hydrogen) atoms. The second-order valence-electron chi connectivity index (χ2n) is 5.67. The summed E-state index contributed by atoms with van der Waals surface area (Å²) in [6.45, 7) is 1.74. The van der Waals surface area contributed by atoms with Crippen LogP contribution in [0.1, 0.15) is 19.3 Å². The monoisotopic (exact) mass is 286 g/mol. The molecule has 1 unspecified atom stereocenters. The minimum Gasteiger partial charge on any atom is -0.481 e. The largest absolute Gasteiger partial charge is 0.481 e. The molecule has 0 radical (unpaired) electrons. The van der Waals surface area contributed by atoms with Crippen molar-refractivity contribution in [3.05, 3.63) is 0 Å². The number of aliphatic carboxylic acids is 1. The van der Waals surface area contributed by atoms with Crippen molar-refractivity contribution in [1.29, 1.82) is 0 Å². The summed E-state index contributed by atoms with van der Waals surface area (Å²) < 4.78 is 5.26. The zero-order valence-corrected chi connectivity index (χ0v) is 11.7. The van der Waals surface area contributed by atoms with Crippen LogP contribution in [0, 0.1) is 5.92 Å². The van der Waals surface area contributed by atoms with Crippen molar-refractivity contribution in [2.75, 3.05) is 33.4 Å². The molecule has 1 saturated heterocycles. The van der Waals surface area contributed by atoms with Gasteiger partial charge in [-0.05, 0) is 18.8 Å². The first-order chi connectivity index (χ1) is 9.47. The molecule has 114 valence electrons. The maximum Gasteiger partial charge on any atom is 0.320 e. The van der Waals surface area contributed by atoms with Gasteiger partial charge in [-0.25, -0.2) is 4.79 Å². The lowest BCUT2D eigenvalue weighted by Crippen LogP contribution is -2.54. The minimum atomic E-state index is -0.928. The number of aliphatic hydroxyl groups is 1. The van der Waals surface area contributed by atoms with Crippen molar-refractivity contribution in [3.63, 3.8) is 0 Å². The van der Waals surface area contributed by atoms with E-state index in [9.17, 15) is 14.7 Å². The van der Waals surface area contributed by atoms with Crippen molar-refractivity contribution in [1.82, 2.24) is 9.80 Å². The van der Waals surface area contributed by atoms with Gasteiger partial charge in [0.15, 0.2) is 0 Å². The van der Waals surface area contributed by atoms with Gasteiger partial charge in [0.25, 0.3) is 0 Å². The molecule has 1 saturated carbocycles. The van der Waals surface area contributed by atoms with Crippen LogP contribution in [0.5, 0.6) is 0 Å². The molecule has 7 nitrogen and oxygen atoms in total. The van der Waals surface area contributed by atoms with E-state index in [0.717, 1.165) is 12.8 Å². The Hall–Kier alpha value is -1.34. The van der Waals surface area contributed by atoms with Crippen LogP contribution in [-0.4, -0.2) is 77.5 Å². The lowest BCUT2D eigenvalue weighted by Gasteiger charge is -2.40. The van der Waals surface area contributed by atoms with Crippen molar-refractivity contribution in [2.24, 2.45) is 5.92 Å². The topological polar surface area (TPSA) is 90.3 Å². The average molecular weight is 286 g/mol. The van der Waals surface area contributed by atoms with Crippen LogP contribution in [0.25, 0.3) is 0 Å². The van der Waals surface area contributed by atoms with E-state index in [4.69, 9.17) is 9.84 Å². The van der Waals surface area contributed by atoms with Crippen LogP contribution >= 0.6 is 0 Å². The van der Waals surface area contributed by atoms with Crippen molar-refractivity contribution in [3.8, 4) is 0 Å². The maximum atomic E-state index is 12.4. The number of morpholine rings is 1. The van der Waals surface area contributed by atoms with E-state index in [1.807, 2.05) is 0 Å². The second kappa shape index (κ2) is 6.41. The average Bonchev–Trinajstić information content (AvgIpc) is 2.36. The number of carboxylic acid groups (broad SMARTS) is 1. The normalized spacial score (nSPS) is 29.7. The highest BCUT2D eigenvalue weighted by Gasteiger charge is 2.34. The maximum absolute atomic E-state index is 12.4. The van der Waals surface area contributed by atoms with Crippen LogP contribution < -0.4 is 0 Å². The molecular formula is C13H22N2O5. The van der Waals surface area contributed by atoms with Gasteiger partial charge >= 0.3 is 12.0 Å². The quantitative estimate of drug-likeness (QED) is 0.758. The van der Waals surface area contributed by atoms with E-state index < -0.39 is 12.0 Å². The van der Waals surface area contributed by atoms with E-state index in [0.29, 0.717) is 25.6 Å². The first-order valence-corrected chi connectivity index (χ1v) is 6.96. The summed E-state index contributed by atoms with van der Waals surface area (Å²) in [4.78, 5) is 26.4. The third kappa shape index (κ3) is 3.61. The Morgan fingerprint density at radius 1 is 1.40 bits per heavy atom. The van der Waals surface area contributed by atoms with Crippen LogP contribution in [0.2, 0.25) is 0 Å². The summed E-state index contributed by atoms with van der Waals surface area (Å²) in [6.07, 6.45) is 1.15. The third-order valence-corrected chi connectivity index (χ3v) is 3.95. The Morgan fingerprint density at radius 3 is 2.70 bits per heavy atom. The summed E-state index contributed by atoms with van der Waals surface area (Å²) in [5.41, 5.74) is 0. The molecule has 0 spiro atoms. The molecule has 1 heterocycles. The number of hydrogen-bond donors (Lipinski definition) is 2. The Morgan fingerprint density at radius 2 is 2.10 bits per heavy atom. The molecule has 2 N–H and O–H groups in total. The zero-order valence-electron chi connectivity index (χ0n) is 11.7. The predicted octanol–water partition coefficient (Wildman–Crippen LogP) is -0.0154. The second-order valence-corrected chi connectivity index (χ2v) is 5.67. The van der Waals surface area contributed by atoms with Gasteiger partial charge in [0.05, 0.1) is 31.8 Å². The first-order valence-electron chi connectivity index (χ1n) is 6.96. The Kier molecular flexibility index (Phi) is 4.82. The summed E-state index contributed by atoms with van der Waals surface area (Å²) in [5.74, 6) is -0.582. The Balaban J connectivity index is 1.89. The Bertz CT molecular complexity index is 370. The molecule has 1 aliphatic heterocycles. The van der Waals surface area contributed by atoms with Crippen LogP contribution in [-0.2, 0) is 9.53 Å². The molecule has 2 fully saturated rings. The van der Waals surface area contributed by atoms with Gasteiger partial charge in [0.1, 0.15) is 0 Å². The molecule has 1 aliphatic carbocycles. The number of nitrogens with zero attached hydrogens (tertiary/aromatic N) is 2. The van der Waals surface area contributed by atoms with Gasteiger partial charge in [0.2, 0.25) is 0 Å². The summed E-state index contributed by atoms with van der Waals surface area (Å²) in [6, 6.07) is -0.552. The first kappa shape index (κ1) is 15.1. The zero-order chi connectivity index (χ0) is 14.7. The standard InChI is InChI=1S/C13H22N2O5/c1-14(7-9-4-11(16)5-9)13(19)15-2-3-20-8-10(15)6-12(17)18/h9-11,16H,2-8H2,1H3,(H,17,18). The van der Waals surface area contributed by atoms with Crippen molar-refractivity contribution >= 4 is 12.0 Å². The number of carboxylic acids is 1. The number of aliphatic hydroxyl groups excluding tert-OH is 1. The fourth-order valence-electron chi connectivity index (χ4n) is 2.81. The van der Waals surface area contributed by atoms with Gasteiger partial charge < -0.3 is 24.7 Å². The lowest BCUT2D eigenvalue weighted by atomic mass is 9.82. The fourth-order valence-corrected chi connectivity index (χ4v) is 2.81. The number of carbonyl (C=O) groups is 2. The van der Waals surface area contributed by atoms with Crippen LogP contribution in [0.15, 0.2) is 0 Å². The molecule has 1 atom stereocenters. The number of amides is 2. The number of rotatable bonds is 4. The van der Waals surface area contributed by atoms with Crippen molar-refractivity contribution < 1.29 is 24.5 Å². The van der Waals surface area contributed by atoms with Gasteiger partial charge in [-0.3, -0.25) is 4.79 Å². The van der Waals surface area contributed by atoms with E-state index in [2.05, 4.69) is 0 Å². The number of carbonyl (C=O) groups excluding carboxylic acids is 1. The van der Waals surface area contributed by atoms with Gasteiger partial charge in [0, 0.05) is 20.1 Å². The fraction of sp³-hybridized carbons (Fsp3) is 0.846. The smallest absolute Gasteiger partial charge is 0.320 e. The molecule has 0 aromatic rings. The Labute approximate surface area is 118 Å². The summed E-state index contributed by atoms with van der Waals surface area (Å²) in [7, 11) is 1.72. The molecule has 2 aliphatic rings. The minimum absolute atomic E-state index is 0.0955. The SMILES string of the molecule is CN(CC1CC(O)C1)C(=O)N1CCOCC1CC(=O)O. The highest BCUT2D eigenvalue weighted by atomic mass is 16.5. The highest BCUT2D eigenvalue weighted by Crippen LogP contribution is 2.28. The molecular weight excluding hydrogens is 264 g/mol. The number of hydrogen-bond acceptors (Lipinski definition) is 4. The molecule has 0 aromatic carbocycles. The molecule has 0 aromatic heterocycles. The van der Waals surface area contributed by atoms with Gasteiger partial charge in [-0.1, -0.05) is 0 Å².